The van der Waals surface area contributed by atoms with Crippen LogP contribution >= 0.6 is 0 Å². The summed E-state index contributed by atoms with van der Waals surface area (Å²) in [6, 6.07) is 16.5. The van der Waals surface area contributed by atoms with E-state index in [0.717, 1.165) is 22.2 Å². The number of benzene rings is 3. The third-order valence-electron chi connectivity index (χ3n) is 11.4. The van der Waals surface area contributed by atoms with E-state index in [-0.39, 0.29) is 72.5 Å². The molecule has 60 heavy (non-hydrogen) atoms. The monoisotopic (exact) mass is 812 g/mol. The van der Waals surface area contributed by atoms with E-state index in [4.69, 9.17) is 4.74 Å². The first kappa shape index (κ1) is 39.9. The molecule has 12 nitrogen and oxygen atoms in total. The second kappa shape index (κ2) is 16.1. The molecular formula is C46H42F2N6O6. The second-order valence-electron chi connectivity index (χ2n) is 15.5. The van der Waals surface area contributed by atoms with Gasteiger partial charge in [0.2, 0.25) is 11.8 Å². The van der Waals surface area contributed by atoms with Gasteiger partial charge in [-0.2, -0.15) is 0 Å². The van der Waals surface area contributed by atoms with Gasteiger partial charge < -0.3 is 24.4 Å². The lowest BCUT2D eigenvalue weighted by Gasteiger charge is -2.34. The number of piperidine rings is 1. The molecule has 1 atom stereocenters. The van der Waals surface area contributed by atoms with Crippen molar-refractivity contribution < 1.29 is 32.7 Å². The third kappa shape index (κ3) is 7.36. The maximum atomic E-state index is 14.9. The highest BCUT2D eigenvalue weighted by Gasteiger charge is 2.39. The molecule has 5 heterocycles. The van der Waals surface area contributed by atoms with Crippen LogP contribution in [0.5, 0.6) is 5.75 Å². The summed E-state index contributed by atoms with van der Waals surface area (Å²) in [6.07, 6.45) is -0.725. The standard InChI is InChI=1S/C46H42F2N6O6/c1-25(2)29-19-37-33(18-26(3)45(58)52(37)4)38(20-29)53-16-17-60-40-22-31(32(42(47)48)21-39(40)53)28-11-12-35(50-23-28)43(56)49-15-6-5-8-27-9-7-10-30-34(27)24-54(46(30)59)36-13-14-41(55)51-44(36)57/h7,9-12,18-23,25,36,42H,6,13-17,24H2,1-4H3,(H,49,56)(H,51,55,57). The molecule has 0 bridgehead atoms. The van der Waals surface area contributed by atoms with Crippen LogP contribution in [-0.4, -0.2) is 63.8 Å². The smallest absolute Gasteiger partial charge is 0.269 e. The van der Waals surface area contributed by atoms with Crippen LogP contribution in [0.2, 0.25) is 0 Å². The van der Waals surface area contributed by atoms with Crippen molar-refractivity contribution in [2.24, 2.45) is 7.05 Å². The van der Waals surface area contributed by atoms with Crippen LogP contribution in [-0.2, 0) is 23.2 Å². The Hall–Kier alpha value is -6.88. The van der Waals surface area contributed by atoms with Crippen LogP contribution in [0, 0.1) is 18.8 Å². The van der Waals surface area contributed by atoms with Gasteiger partial charge in [-0.05, 0) is 84.5 Å². The zero-order valence-electron chi connectivity index (χ0n) is 33.5. The average Bonchev–Trinajstić information content (AvgIpc) is 3.57. The van der Waals surface area contributed by atoms with E-state index in [1.165, 1.54) is 23.2 Å². The number of alkyl halides is 2. The Morgan fingerprint density at radius 1 is 1.03 bits per heavy atom. The normalized spacial score (nSPS) is 16.1. The highest BCUT2D eigenvalue weighted by Crippen LogP contribution is 2.46. The lowest BCUT2D eigenvalue weighted by Crippen LogP contribution is -2.52. The molecule has 8 rings (SSSR count). The maximum absolute atomic E-state index is 14.9. The predicted octanol–water partition coefficient (Wildman–Crippen LogP) is 6.43. The number of pyridine rings is 2. The predicted molar refractivity (Wildman–Crippen MR) is 221 cm³/mol. The number of ether oxygens (including phenoxy) is 1. The van der Waals surface area contributed by atoms with Gasteiger partial charge in [0, 0.05) is 72.4 Å². The first-order valence-electron chi connectivity index (χ1n) is 19.8. The van der Waals surface area contributed by atoms with Gasteiger partial charge >= 0.3 is 0 Å². The molecule has 1 saturated heterocycles. The fourth-order valence-corrected chi connectivity index (χ4v) is 8.11. The number of anilines is 2. The van der Waals surface area contributed by atoms with E-state index < -0.39 is 24.3 Å². The average molecular weight is 813 g/mol. The van der Waals surface area contributed by atoms with Crippen molar-refractivity contribution in [3.05, 3.63) is 116 Å². The minimum atomic E-state index is -2.83. The van der Waals surface area contributed by atoms with Gasteiger partial charge in [-0.1, -0.05) is 37.8 Å². The van der Waals surface area contributed by atoms with Crippen LogP contribution in [0.25, 0.3) is 22.0 Å². The van der Waals surface area contributed by atoms with Gasteiger partial charge in [-0.15, -0.1) is 0 Å². The van der Waals surface area contributed by atoms with Crippen LogP contribution in [0.15, 0.2) is 71.7 Å². The highest BCUT2D eigenvalue weighted by molar-refractivity contribution is 6.05. The number of halogens is 2. The van der Waals surface area contributed by atoms with E-state index in [2.05, 4.69) is 47.4 Å². The van der Waals surface area contributed by atoms with E-state index in [0.29, 0.717) is 52.4 Å². The van der Waals surface area contributed by atoms with Gasteiger partial charge in [0.15, 0.2) is 0 Å². The molecule has 306 valence electrons. The number of hydrogen-bond acceptors (Lipinski definition) is 8. The molecule has 0 spiro atoms. The molecule has 1 fully saturated rings. The van der Waals surface area contributed by atoms with Gasteiger partial charge in [0.1, 0.15) is 24.1 Å². The van der Waals surface area contributed by atoms with Crippen molar-refractivity contribution in [2.75, 3.05) is 24.6 Å². The minimum absolute atomic E-state index is 0.0974. The van der Waals surface area contributed by atoms with Crippen LogP contribution in [0.1, 0.15) is 94.1 Å². The Labute approximate surface area is 344 Å². The van der Waals surface area contributed by atoms with Crippen molar-refractivity contribution >= 4 is 45.9 Å². The fraction of sp³-hybridized carbons (Fsp3) is 0.304. The summed E-state index contributed by atoms with van der Waals surface area (Å²) in [6.45, 7) is 7.00. The molecule has 4 amide bonds. The SMILES string of the molecule is Cc1cc2c(N3CCOc4cc(-c5ccc(C(=O)NCCC#Cc6cccc7c6CN(C6CCC(=O)NC6=O)C7=O)nc5)c(C(F)F)cc43)cc(C(C)C)cc2n(C)c1=O. The number of rotatable bonds is 8. The Kier molecular flexibility index (Phi) is 10.7. The van der Waals surface area contributed by atoms with Crippen molar-refractivity contribution in [3.8, 4) is 28.7 Å². The van der Waals surface area contributed by atoms with E-state index in [9.17, 15) is 32.8 Å². The first-order valence-corrected chi connectivity index (χ1v) is 19.8. The first-order chi connectivity index (χ1) is 28.8. The number of aryl methyl sites for hydroxylation is 2. The van der Waals surface area contributed by atoms with Crippen molar-refractivity contribution in [3.63, 3.8) is 0 Å². The molecule has 3 aromatic carbocycles. The summed E-state index contributed by atoms with van der Waals surface area (Å²) in [5, 5.41) is 5.92. The molecule has 2 aromatic heterocycles. The lowest BCUT2D eigenvalue weighted by atomic mass is 9.96. The lowest BCUT2D eigenvalue weighted by molar-refractivity contribution is -0.136. The number of carbonyl (C=O) groups excluding carboxylic acids is 4. The molecule has 0 radical (unpaired) electrons. The zero-order valence-corrected chi connectivity index (χ0v) is 33.5. The van der Waals surface area contributed by atoms with Crippen molar-refractivity contribution in [1.82, 2.24) is 25.1 Å². The van der Waals surface area contributed by atoms with E-state index >= 15 is 0 Å². The molecule has 1 unspecified atom stereocenters. The number of nitrogens with one attached hydrogen (secondary N) is 2. The number of hydrogen-bond donors (Lipinski definition) is 2. The Balaban J connectivity index is 0.970. The summed E-state index contributed by atoms with van der Waals surface area (Å²) >= 11 is 0. The Morgan fingerprint density at radius 2 is 1.85 bits per heavy atom. The Bertz CT molecular complexity index is 2730. The van der Waals surface area contributed by atoms with Gasteiger partial charge in [-0.25, -0.2) is 8.78 Å². The highest BCUT2D eigenvalue weighted by atomic mass is 19.3. The fourth-order valence-electron chi connectivity index (χ4n) is 8.11. The Morgan fingerprint density at radius 3 is 2.58 bits per heavy atom. The van der Waals surface area contributed by atoms with E-state index in [1.54, 1.807) is 48.9 Å². The van der Waals surface area contributed by atoms with Crippen molar-refractivity contribution in [2.45, 2.75) is 65.0 Å². The molecule has 2 N–H and O–H groups in total. The van der Waals surface area contributed by atoms with Crippen LogP contribution < -0.4 is 25.8 Å². The number of aromatic nitrogens is 2. The molecular weight excluding hydrogens is 771 g/mol. The molecule has 0 aliphatic carbocycles. The summed E-state index contributed by atoms with van der Waals surface area (Å²) in [5.41, 5.74) is 5.84. The zero-order chi connectivity index (χ0) is 42.4. The third-order valence-corrected chi connectivity index (χ3v) is 11.4. The van der Waals surface area contributed by atoms with Gasteiger partial charge in [0.05, 0.1) is 23.4 Å². The van der Waals surface area contributed by atoms with Gasteiger partial charge in [-0.3, -0.25) is 34.3 Å². The van der Waals surface area contributed by atoms with Crippen molar-refractivity contribution in [1.29, 1.82) is 0 Å². The topological polar surface area (TPSA) is 143 Å². The summed E-state index contributed by atoms with van der Waals surface area (Å²) in [7, 11) is 1.74. The van der Waals surface area contributed by atoms with Crippen LogP contribution in [0.4, 0.5) is 20.2 Å². The quantitative estimate of drug-likeness (QED) is 0.104. The molecule has 0 saturated carbocycles. The molecule has 5 aromatic rings. The molecule has 14 heteroatoms. The minimum Gasteiger partial charge on any atom is -0.490 e. The largest absolute Gasteiger partial charge is 0.490 e. The number of amides is 4. The number of nitrogens with zero attached hydrogens (tertiary/aromatic N) is 4. The number of fused-ring (bicyclic) bond motifs is 3. The summed E-state index contributed by atoms with van der Waals surface area (Å²) in [5.74, 6) is 5.10. The summed E-state index contributed by atoms with van der Waals surface area (Å²) < 4.78 is 37.4. The number of imide groups is 1. The maximum Gasteiger partial charge on any atom is 0.269 e. The molecule has 3 aliphatic rings. The van der Waals surface area contributed by atoms with E-state index in [1.807, 2.05) is 17.0 Å². The summed E-state index contributed by atoms with van der Waals surface area (Å²) in [4.78, 5) is 70.9. The number of carbonyl (C=O) groups is 4. The van der Waals surface area contributed by atoms with Crippen LogP contribution in [0.3, 0.4) is 0 Å². The second-order valence-corrected chi connectivity index (χ2v) is 15.5. The van der Waals surface area contributed by atoms with Gasteiger partial charge in [0.25, 0.3) is 23.8 Å². The molecule has 3 aliphatic heterocycles.